The summed E-state index contributed by atoms with van der Waals surface area (Å²) in [4.78, 5) is 13.2. The fourth-order valence-corrected chi connectivity index (χ4v) is 7.12. The highest BCUT2D eigenvalue weighted by Crippen LogP contribution is 2.38. The maximum atomic E-state index is 15.2. The van der Waals surface area contributed by atoms with Crippen LogP contribution in [0.2, 0.25) is 5.02 Å². The largest absolute Gasteiger partial charge is 0.493 e. The first kappa shape index (κ1) is 33.6. The number of amides is 1. The van der Waals surface area contributed by atoms with E-state index in [1.54, 1.807) is 31.2 Å². The summed E-state index contributed by atoms with van der Waals surface area (Å²) in [5, 5.41) is 3.33. The van der Waals surface area contributed by atoms with Crippen molar-refractivity contribution in [1.29, 1.82) is 0 Å². The van der Waals surface area contributed by atoms with Gasteiger partial charge in [-0.25, -0.2) is 17.2 Å². The fraction of sp³-hybridized carbons (Fsp3) is 0.162. The SMILES string of the molecule is CC(c1ccccc1OCCCNC(=O)C(c1ccccc1)c1ccccc1)N(c1cc(F)ccc1F)S(=O)(=O)c1ccc(Cl)cc1. The van der Waals surface area contributed by atoms with Gasteiger partial charge >= 0.3 is 0 Å². The number of benzene rings is 5. The molecular weight excluding hydrogens is 642 g/mol. The van der Waals surface area contributed by atoms with Crippen LogP contribution in [-0.4, -0.2) is 27.5 Å². The maximum absolute atomic E-state index is 15.2. The van der Waals surface area contributed by atoms with Gasteiger partial charge in [0, 0.05) is 23.2 Å². The zero-order chi connectivity index (χ0) is 33.4. The van der Waals surface area contributed by atoms with Gasteiger partial charge in [-0.2, -0.15) is 0 Å². The Bertz CT molecular complexity index is 1870. The Morgan fingerprint density at radius 2 is 1.43 bits per heavy atom. The van der Waals surface area contributed by atoms with Gasteiger partial charge in [-0.05, 0) is 66.9 Å². The first-order valence-electron chi connectivity index (χ1n) is 15.0. The van der Waals surface area contributed by atoms with Crippen molar-refractivity contribution in [2.24, 2.45) is 0 Å². The Morgan fingerprint density at radius 1 is 0.830 bits per heavy atom. The third kappa shape index (κ3) is 7.99. The van der Waals surface area contributed by atoms with Crippen LogP contribution in [0.3, 0.4) is 0 Å². The molecule has 0 heterocycles. The molecule has 0 radical (unpaired) electrons. The molecule has 0 saturated heterocycles. The summed E-state index contributed by atoms with van der Waals surface area (Å²) >= 11 is 5.99. The Labute approximate surface area is 278 Å². The molecule has 5 rings (SSSR count). The van der Waals surface area contributed by atoms with E-state index in [1.807, 2.05) is 60.7 Å². The molecule has 0 saturated carbocycles. The number of nitrogens with one attached hydrogen (secondary N) is 1. The van der Waals surface area contributed by atoms with Crippen LogP contribution in [0, 0.1) is 11.6 Å². The van der Waals surface area contributed by atoms with E-state index in [-0.39, 0.29) is 17.4 Å². The topological polar surface area (TPSA) is 75.7 Å². The predicted molar refractivity (Wildman–Crippen MR) is 180 cm³/mol. The fourth-order valence-electron chi connectivity index (χ4n) is 5.36. The molecule has 1 amide bonds. The number of rotatable bonds is 13. The first-order valence-corrected chi connectivity index (χ1v) is 16.8. The predicted octanol–water partition coefficient (Wildman–Crippen LogP) is 8.29. The zero-order valence-electron chi connectivity index (χ0n) is 25.5. The molecule has 0 aromatic heterocycles. The monoisotopic (exact) mass is 674 g/mol. The van der Waals surface area contributed by atoms with E-state index in [0.29, 0.717) is 29.3 Å². The first-order chi connectivity index (χ1) is 22.7. The van der Waals surface area contributed by atoms with E-state index < -0.39 is 39.3 Å². The number of halogens is 3. The van der Waals surface area contributed by atoms with Crippen molar-refractivity contribution < 1.29 is 26.7 Å². The standard InChI is InChI=1S/C37H33ClF2N2O4S/c1-26(42(34-25-30(39)19-22-33(34)40)47(44,45)31-20-17-29(38)18-21-31)32-15-8-9-16-35(32)46-24-10-23-41-37(43)36(27-11-4-2-5-12-27)28-13-6-3-7-14-28/h2-9,11-22,25-26,36H,10,23-24H2,1H3,(H,41,43). The van der Waals surface area contributed by atoms with Crippen LogP contribution in [0.1, 0.15) is 42.0 Å². The van der Waals surface area contributed by atoms with Crippen molar-refractivity contribution in [3.8, 4) is 5.75 Å². The molecule has 0 aliphatic rings. The molecule has 0 aliphatic heterocycles. The summed E-state index contributed by atoms with van der Waals surface area (Å²) < 4.78 is 64.4. The van der Waals surface area contributed by atoms with Crippen LogP contribution in [0.4, 0.5) is 14.5 Å². The number of hydrogen-bond acceptors (Lipinski definition) is 4. The number of nitrogens with zero attached hydrogens (tertiary/aromatic N) is 1. The molecule has 6 nitrogen and oxygen atoms in total. The lowest BCUT2D eigenvalue weighted by Gasteiger charge is -2.32. The van der Waals surface area contributed by atoms with Crippen molar-refractivity contribution >= 4 is 33.2 Å². The summed E-state index contributed by atoms with van der Waals surface area (Å²) in [5.41, 5.74) is 1.74. The summed E-state index contributed by atoms with van der Waals surface area (Å²) in [7, 11) is -4.40. The second-order valence-corrected chi connectivity index (χ2v) is 13.1. The number of carbonyl (C=O) groups excluding carboxylic acids is 1. The average molecular weight is 675 g/mol. The van der Waals surface area contributed by atoms with E-state index in [2.05, 4.69) is 5.32 Å². The molecule has 10 heteroatoms. The van der Waals surface area contributed by atoms with Crippen LogP contribution < -0.4 is 14.4 Å². The van der Waals surface area contributed by atoms with Crippen LogP contribution in [-0.2, 0) is 14.8 Å². The van der Waals surface area contributed by atoms with Gasteiger partial charge in [-0.15, -0.1) is 0 Å². The molecular formula is C37H33ClF2N2O4S. The third-order valence-corrected chi connectivity index (χ3v) is 9.79. The molecule has 0 spiro atoms. The van der Waals surface area contributed by atoms with Gasteiger partial charge in [0.2, 0.25) is 5.91 Å². The van der Waals surface area contributed by atoms with Crippen LogP contribution in [0.5, 0.6) is 5.75 Å². The van der Waals surface area contributed by atoms with Gasteiger partial charge in [0.05, 0.1) is 29.1 Å². The second kappa shape index (κ2) is 15.2. The number of ether oxygens (including phenoxy) is 1. The minimum atomic E-state index is -4.40. The molecule has 242 valence electrons. The number of carbonyl (C=O) groups is 1. The van der Waals surface area contributed by atoms with Crippen LogP contribution in [0.15, 0.2) is 132 Å². The molecule has 1 N–H and O–H groups in total. The van der Waals surface area contributed by atoms with E-state index >= 15 is 4.39 Å². The van der Waals surface area contributed by atoms with E-state index in [0.717, 1.165) is 33.6 Å². The summed E-state index contributed by atoms with van der Waals surface area (Å²) in [6, 6.07) is 33.0. The van der Waals surface area contributed by atoms with Gasteiger partial charge in [0.15, 0.2) is 0 Å². The third-order valence-electron chi connectivity index (χ3n) is 7.64. The van der Waals surface area contributed by atoms with Gasteiger partial charge in [-0.1, -0.05) is 90.5 Å². The number of hydrogen-bond donors (Lipinski definition) is 1. The average Bonchev–Trinajstić information content (AvgIpc) is 3.07. The Balaban J connectivity index is 1.32. The van der Waals surface area contributed by atoms with Crippen molar-refractivity contribution in [2.75, 3.05) is 17.5 Å². The van der Waals surface area contributed by atoms with Gasteiger partial charge in [0.1, 0.15) is 17.4 Å². The minimum absolute atomic E-state index is 0.142. The lowest BCUT2D eigenvalue weighted by Crippen LogP contribution is -2.34. The molecule has 1 unspecified atom stereocenters. The molecule has 0 fully saturated rings. The summed E-state index contributed by atoms with van der Waals surface area (Å²) in [5.74, 6) is -1.95. The minimum Gasteiger partial charge on any atom is -0.493 e. The molecule has 1 atom stereocenters. The van der Waals surface area contributed by atoms with Gasteiger partial charge < -0.3 is 10.1 Å². The normalized spacial score (nSPS) is 12.0. The zero-order valence-corrected chi connectivity index (χ0v) is 27.1. The highest BCUT2D eigenvalue weighted by molar-refractivity contribution is 7.92. The number of para-hydroxylation sites is 1. The maximum Gasteiger partial charge on any atom is 0.264 e. The van der Waals surface area contributed by atoms with Crippen molar-refractivity contribution in [2.45, 2.75) is 30.2 Å². The number of anilines is 1. The Morgan fingerprint density at radius 3 is 2.06 bits per heavy atom. The van der Waals surface area contributed by atoms with E-state index in [4.69, 9.17) is 16.3 Å². The molecule has 5 aromatic rings. The quantitative estimate of drug-likeness (QED) is 0.128. The smallest absolute Gasteiger partial charge is 0.264 e. The van der Waals surface area contributed by atoms with Gasteiger partial charge in [-0.3, -0.25) is 9.10 Å². The molecule has 0 bridgehead atoms. The molecule has 47 heavy (non-hydrogen) atoms. The second-order valence-electron chi connectivity index (χ2n) is 10.8. The lowest BCUT2D eigenvalue weighted by atomic mass is 9.90. The summed E-state index contributed by atoms with van der Waals surface area (Å²) in [6.45, 7) is 2.11. The summed E-state index contributed by atoms with van der Waals surface area (Å²) in [6.07, 6.45) is 0.454. The van der Waals surface area contributed by atoms with Crippen LogP contribution >= 0.6 is 11.6 Å². The Kier molecular flexibility index (Phi) is 10.9. The highest BCUT2D eigenvalue weighted by Gasteiger charge is 2.34. The lowest BCUT2D eigenvalue weighted by molar-refractivity contribution is -0.121. The number of sulfonamides is 1. The van der Waals surface area contributed by atoms with E-state index in [9.17, 15) is 17.6 Å². The molecule has 0 aliphatic carbocycles. The van der Waals surface area contributed by atoms with Gasteiger partial charge in [0.25, 0.3) is 10.0 Å². The Hall–Kier alpha value is -4.73. The van der Waals surface area contributed by atoms with Crippen LogP contribution in [0.25, 0.3) is 0 Å². The highest BCUT2D eigenvalue weighted by atomic mass is 35.5. The molecule has 5 aromatic carbocycles. The van der Waals surface area contributed by atoms with Crippen molar-refractivity contribution in [3.63, 3.8) is 0 Å². The van der Waals surface area contributed by atoms with E-state index in [1.165, 1.54) is 24.3 Å². The van der Waals surface area contributed by atoms with Crippen molar-refractivity contribution in [3.05, 3.63) is 161 Å². The van der Waals surface area contributed by atoms with Crippen molar-refractivity contribution in [1.82, 2.24) is 5.32 Å².